The van der Waals surface area contributed by atoms with Crippen LogP contribution >= 0.6 is 0 Å². The smallest absolute Gasteiger partial charge is 0.213 e. The number of hydrogen-bond acceptors (Lipinski definition) is 1. The van der Waals surface area contributed by atoms with Crippen LogP contribution in [-0.4, -0.2) is 19.4 Å². The van der Waals surface area contributed by atoms with Crippen LogP contribution in [0.25, 0.3) is 60.8 Å². The number of imidazole rings is 2. The van der Waals surface area contributed by atoms with Crippen molar-refractivity contribution in [1.29, 1.82) is 0 Å². The standard InChI is InChI=1S/C25H16N4/c1-2-6-19-17(5-1)18-11-9-15(13-22(18)26-19)16-10-12-21-24(14-16)29-23-8-4-3-7-20(23)27-25(29)28-21/h1-14,26H,(H,27,28). The second kappa shape index (κ2) is 5.26. The summed E-state index contributed by atoms with van der Waals surface area (Å²) in [5, 5.41) is 2.52. The van der Waals surface area contributed by atoms with Crippen LogP contribution in [0.4, 0.5) is 0 Å². The molecule has 3 heterocycles. The van der Waals surface area contributed by atoms with Crippen molar-refractivity contribution in [2.75, 3.05) is 0 Å². The van der Waals surface area contributed by atoms with Gasteiger partial charge in [-0.1, -0.05) is 48.5 Å². The molecule has 0 unspecified atom stereocenters. The molecule has 3 aromatic heterocycles. The van der Waals surface area contributed by atoms with Crippen LogP contribution in [0.15, 0.2) is 84.9 Å². The zero-order valence-electron chi connectivity index (χ0n) is 15.5. The van der Waals surface area contributed by atoms with Crippen LogP contribution in [0, 0.1) is 0 Å². The molecule has 4 nitrogen and oxygen atoms in total. The minimum atomic E-state index is 0.879. The van der Waals surface area contributed by atoms with E-state index in [9.17, 15) is 0 Å². The third-order valence-corrected chi connectivity index (χ3v) is 5.89. The van der Waals surface area contributed by atoms with Gasteiger partial charge in [0.15, 0.2) is 0 Å². The summed E-state index contributed by atoms with van der Waals surface area (Å²) in [7, 11) is 0. The number of H-pyrrole nitrogens is 2. The van der Waals surface area contributed by atoms with E-state index in [0.717, 1.165) is 33.4 Å². The van der Waals surface area contributed by atoms with Gasteiger partial charge < -0.3 is 9.97 Å². The molecule has 0 amide bonds. The van der Waals surface area contributed by atoms with E-state index in [4.69, 9.17) is 4.98 Å². The third-order valence-electron chi connectivity index (χ3n) is 5.89. The number of para-hydroxylation sites is 3. The van der Waals surface area contributed by atoms with Crippen molar-refractivity contribution in [1.82, 2.24) is 19.4 Å². The molecule has 2 N–H and O–H groups in total. The number of nitrogens with zero attached hydrogens (tertiary/aromatic N) is 2. The first-order chi connectivity index (χ1) is 14.3. The predicted octanol–water partition coefficient (Wildman–Crippen LogP) is 6.27. The molecule has 0 aliphatic rings. The zero-order chi connectivity index (χ0) is 18.9. The Labute approximate surface area is 165 Å². The molecule has 0 aliphatic carbocycles. The van der Waals surface area contributed by atoms with E-state index < -0.39 is 0 Å². The highest BCUT2D eigenvalue weighted by Crippen LogP contribution is 2.32. The first-order valence-electron chi connectivity index (χ1n) is 9.75. The second-order valence-electron chi connectivity index (χ2n) is 7.55. The van der Waals surface area contributed by atoms with Gasteiger partial charge in [0.2, 0.25) is 5.78 Å². The van der Waals surface area contributed by atoms with Crippen LogP contribution in [0.1, 0.15) is 0 Å². The van der Waals surface area contributed by atoms with Gasteiger partial charge in [0.1, 0.15) is 0 Å². The summed E-state index contributed by atoms with van der Waals surface area (Å²) in [4.78, 5) is 11.7. The van der Waals surface area contributed by atoms with Crippen molar-refractivity contribution in [2.45, 2.75) is 0 Å². The number of hydrogen-bond donors (Lipinski definition) is 2. The largest absolute Gasteiger partial charge is 0.354 e. The van der Waals surface area contributed by atoms with Crippen molar-refractivity contribution in [3.05, 3.63) is 84.9 Å². The zero-order valence-corrected chi connectivity index (χ0v) is 15.5. The van der Waals surface area contributed by atoms with E-state index in [1.807, 2.05) is 6.07 Å². The molecule has 29 heavy (non-hydrogen) atoms. The van der Waals surface area contributed by atoms with Crippen LogP contribution in [-0.2, 0) is 0 Å². The topological polar surface area (TPSA) is 48.9 Å². The number of nitrogens with one attached hydrogen (secondary N) is 2. The van der Waals surface area contributed by atoms with E-state index in [1.165, 1.54) is 27.4 Å². The Bertz CT molecular complexity index is 1710. The van der Waals surface area contributed by atoms with Crippen molar-refractivity contribution < 1.29 is 0 Å². The lowest BCUT2D eigenvalue weighted by Gasteiger charge is -2.03. The number of benzene rings is 4. The summed E-state index contributed by atoms with van der Waals surface area (Å²) in [6, 6.07) is 29.9. The minimum absolute atomic E-state index is 0.879. The summed E-state index contributed by atoms with van der Waals surface area (Å²) in [6.07, 6.45) is 0. The fourth-order valence-electron chi connectivity index (χ4n) is 4.51. The molecule has 0 atom stereocenters. The lowest BCUT2D eigenvalue weighted by Crippen LogP contribution is -1.83. The van der Waals surface area contributed by atoms with Crippen LogP contribution in [0.5, 0.6) is 0 Å². The molecular formula is C25H16N4. The fourth-order valence-corrected chi connectivity index (χ4v) is 4.51. The van der Waals surface area contributed by atoms with Gasteiger partial charge in [-0.3, -0.25) is 4.40 Å². The summed E-state index contributed by atoms with van der Waals surface area (Å²) >= 11 is 0. The molecule has 7 rings (SSSR count). The maximum Gasteiger partial charge on any atom is 0.213 e. The molecule has 0 fully saturated rings. The van der Waals surface area contributed by atoms with Gasteiger partial charge in [-0.2, -0.15) is 0 Å². The van der Waals surface area contributed by atoms with E-state index in [0.29, 0.717) is 0 Å². The van der Waals surface area contributed by atoms with Crippen molar-refractivity contribution >= 4 is 49.7 Å². The van der Waals surface area contributed by atoms with Gasteiger partial charge in [0, 0.05) is 21.8 Å². The summed E-state index contributed by atoms with van der Waals surface area (Å²) in [5.74, 6) is 0.879. The highest BCUT2D eigenvalue weighted by Gasteiger charge is 2.12. The second-order valence-corrected chi connectivity index (χ2v) is 7.55. The Morgan fingerprint density at radius 2 is 1.34 bits per heavy atom. The van der Waals surface area contributed by atoms with E-state index in [2.05, 4.69) is 93.2 Å². The highest BCUT2D eigenvalue weighted by molar-refractivity contribution is 6.08. The number of aromatic nitrogens is 4. The van der Waals surface area contributed by atoms with Crippen LogP contribution in [0.2, 0.25) is 0 Å². The Morgan fingerprint density at radius 3 is 2.31 bits per heavy atom. The van der Waals surface area contributed by atoms with Crippen LogP contribution < -0.4 is 0 Å². The molecule has 0 saturated carbocycles. The van der Waals surface area contributed by atoms with Gasteiger partial charge in [-0.15, -0.1) is 0 Å². The Balaban J connectivity index is 1.48. The van der Waals surface area contributed by atoms with Crippen molar-refractivity contribution in [3.63, 3.8) is 0 Å². The predicted molar refractivity (Wildman–Crippen MR) is 119 cm³/mol. The lowest BCUT2D eigenvalue weighted by molar-refractivity contribution is 1.28. The van der Waals surface area contributed by atoms with Gasteiger partial charge >= 0.3 is 0 Å². The average Bonchev–Trinajstić information content (AvgIpc) is 3.41. The van der Waals surface area contributed by atoms with Gasteiger partial charge in [0.05, 0.1) is 22.1 Å². The van der Waals surface area contributed by atoms with Gasteiger partial charge in [-0.25, -0.2) is 4.98 Å². The maximum absolute atomic E-state index is 4.77. The molecule has 0 spiro atoms. The first kappa shape index (κ1) is 14.9. The maximum atomic E-state index is 4.77. The van der Waals surface area contributed by atoms with Gasteiger partial charge in [-0.05, 0) is 47.5 Å². The number of rotatable bonds is 1. The molecule has 4 heteroatoms. The van der Waals surface area contributed by atoms with Crippen molar-refractivity contribution in [3.8, 4) is 11.1 Å². The van der Waals surface area contributed by atoms with Crippen molar-refractivity contribution in [2.24, 2.45) is 0 Å². The SMILES string of the molecule is c1ccc2c(c1)[nH]c1cc(-c3ccc4nc5[nH]c6ccccc6n5c4c3)ccc12. The Kier molecular flexibility index (Phi) is 2.71. The summed E-state index contributed by atoms with van der Waals surface area (Å²) in [5.41, 5.74) is 9.07. The Morgan fingerprint density at radius 1 is 0.586 bits per heavy atom. The first-order valence-corrected chi connectivity index (χ1v) is 9.75. The van der Waals surface area contributed by atoms with E-state index in [1.54, 1.807) is 0 Å². The molecule has 0 saturated heterocycles. The Hall–Kier alpha value is -4.05. The number of aromatic amines is 2. The van der Waals surface area contributed by atoms with Gasteiger partial charge in [0.25, 0.3) is 0 Å². The monoisotopic (exact) mass is 372 g/mol. The van der Waals surface area contributed by atoms with E-state index >= 15 is 0 Å². The molecule has 136 valence electrons. The average molecular weight is 372 g/mol. The molecule has 7 aromatic rings. The molecule has 0 bridgehead atoms. The molecule has 0 radical (unpaired) electrons. The van der Waals surface area contributed by atoms with E-state index in [-0.39, 0.29) is 0 Å². The third kappa shape index (κ3) is 2.00. The highest BCUT2D eigenvalue weighted by atomic mass is 15.1. The fraction of sp³-hybridized carbons (Fsp3) is 0. The quantitative estimate of drug-likeness (QED) is 0.350. The van der Waals surface area contributed by atoms with Crippen LogP contribution in [0.3, 0.4) is 0 Å². The molecule has 4 aromatic carbocycles. The normalized spacial score (nSPS) is 12.1. The number of fused-ring (bicyclic) bond motifs is 8. The molecular weight excluding hydrogens is 356 g/mol. The minimum Gasteiger partial charge on any atom is -0.354 e. The lowest BCUT2D eigenvalue weighted by atomic mass is 10.0. The molecule has 0 aliphatic heterocycles. The summed E-state index contributed by atoms with van der Waals surface area (Å²) in [6.45, 7) is 0. The summed E-state index contributed by atoms with van der Waals surface area (Å²) < 4.78 is 2.20.